The lowest BCUT2D eigenvalue weighted by Crippen LogP contribution is -2.44. The highest BCUT2D eigenvalue weighted by Gasteiger charge is 2.54. The Morgan fingerprint density at radius 1 is 1.00 bits per heavy atom. The Balaban J connectivity index is 1.84. The van der Waals surface area contributed by atoms with Crippen molar-refractivity contribution in [3.8, 4) is 0 Å². The third-order valence-electron chi connectivity index (χ3n) is 6.03. The molecule has 0 radical (unpaired) electrons. The normalized spacial score (nSPS) is 18.5. The van der Waals surface area contributed by atoms with Crippen molar-refractivity contribution in [2.75, 3.05) is 40.8 Å². The first kappa shape index (κ1) is 24.0. The zero-order valence-electron chi connectivity index (χ0n) is 18.9. The zero-order chi connectivity index (χ0) is 23.3. The number of imide groups is 1. The Hall–Kier alpha value is -2.70. The number of carbonyl (C=O) groups is 3. The van der Waals surface area contributed by atoms with Crippen molar-refractivity contribution in [3.63, 3.8) is 0 Å². The second kappa shape index (κ2) is 10.3. The molecule has 32 heavy (non-hydrogen) atoms. The summed E-state index contributed by atoms with van der Waals surface area (Å²) in [6.07, 6.45) is 0.566. The fraction of sp³-hybridized carbons (Fsp3) is 0.400. The highest BCUT2D eigenvalue weighted by molar-refractivity contribution is 6.32. The van der Waals surface area contributed by atoms with Crippen LogP contribution in [0.1, 0.15) is 24.0 Å². The maximum Gasteiger partial charge on any atom is 0.240 e. The van der Waals surface area contributed by atoms with E-state index in [1.54, 1.807) is 36.2 Å². The predicted molar refractivity (Wildman–Crippen MR) is 125 cm³/mol. The minimum Gasteiger partial charge on any atom is -0.345 e. The first-order valence-corrected chi connectivity index (χ1v) is 11.1. The van der Waals surface area contributed by atoms with E-state index in [-0.39, 0.29) is 37.1 Å². The Bertz CT molecular complexity index is 979. The number of amides is 3. The summed E-state index contributed by atoms with van der Waals surface area (Å²) in [7, 11) is 5.51. The largest absolute Gasteiger partial charge is 0.345 e. The second-order valence-electron chi connectivity index (χ2n) is 8.62. The minimum absolute atomic E-state index is 0.0543. The van der Waals surface area contributed by atoms with Crippen LogP contribution in [0.25, 0.3) is 0 Å². The van der Waals surface area contributed by atoms with Crippen LogP contribution in [0.4, 0.5) is 0 Å². The smallest absolute Gasteiger partial charge is 0.240 e. The fourth-order valence-corrected chi connectivity index (χ4v) is 4.40. The van der Waals surface area contributed by atoms with Crippen LogP contribution < -0.4 is 0 Å². The summed E-state index contributed by atoms with van der Waals surface area (Å²) < 4.78 is 0. The third-order valence-corrected chi connectivity index (χ3v) is 6.36. The van der Waals surface area contributed by atoms with E-state index in [0.717, 1.165) is 5.56 Å². The fourth-order valence-electron chi connectivity index (χ4n) is 4.08. The number of hydrogen-bond donors (Lipinski definition) is 0. The molecule has 7 heteroatoms. The van der Waals surface area contributed by atoms with Gasteiger partial charge in [-0.2, -0.15) is 0 Å². The van der Waals surface area contributed by atoms with Crippen molar-refractivity contribution in [2.24, 2.45) is 0 Å². The van der Waals surface area contributed by atoms with E-state index in [0.29, 0.717) is 30.1 Å². The highest BCUT2D eigenvalue weighted by atomic mass is 35.5. The maximum absolute atomic E-state index is 13.6. The molecule has 0 bridgehead atoms. The van der Waals surface area contributed by atoms with Crippen LogP contribution in [0.2, 0.25) is 5.02 Å². The van der Waals surface area contributed by atoms with Gasteiger partial charge in [0.05, 0.1) is 5.41 Å². The lowest BCUT2D eigenvalue weighted by Gasteiger charge is -2.30. The van der Waals surface area contributed by atoms with Crippen LogP contribution in [0.5, 0.6) is 0 Å². The molecule has 0 unspecified atom stereocenters. The lowest BCUT2D eigenvalue weighted by molar-refractivity contribution is -0.142. The van der Waals surface area contributed by atoms with E-state index in [2.05, 4.69) is 0 Å². The van der Waals surface area contributed by atoms with Crippen molar-refractivity contribution >= 4 is 29.3 Å². The van der Waals surface area contributed by atoms with Crippen LogP contribution in [0.15, 0.2) is 54.6 Å². The summed E-state index contributed by atoms with van der Waals surface area (Å²) in [5.41, 5.74) is 0.395. The number of halogens is 1. The molecule has 2 aromatic rings. The van der Waals surface area contributed by atoms with Gasteiger partial charge in [-0.25, -0.2) is 0 Å². The monoisotopic (exact) mass is 455 g/mol. The van der Waals surface area contributed by atoms with Crippen LogP contribution in [0.3, 0.4) is 0 Å². The van der Waals surface area contributed by atoms with Crippen molar-refractivity contribution in [3.05, 3.63) is 70.7 Å². The van der Waals surface area contributed by atoms with Crippen molar-refractivity contribution in [1.29, 1.82) is 0 Å². The van der Waals surface area contributed by atoms with Gasteiger partial charge in [0, 0.05) is 44.5 Å². The molecule has 1 atom stereocenters. The minimum atomic E-state index is -1.28. The predicted octanol–water partition coefficient (Wildman–Crippen LogP) is 2.99. The summed E-state index contributed by atoms with van der Waals surface area (Å²) in [5, 5.41) is 0.392. The number of rotatable bonds is 9. The van der Waals surface area contributed by atoms with E-state index in [1.165, 1.54) is 4.90 Å². The lowest BCUT2D eigenvalue weighted by atomic mass is 9.75. The van der Waals surface area contributed by atoms with Gasteiger partial charge in [0.2, 0.25) is 17.7 Å². The highest BCUT2D eigenvalue weighted by Crippen LogP contribution is 2.43. The molecule has 1 fully saturated rings. The Labute approximate surface area is 194 Å². The first-order chi connectivity index (χ1) is 15.2. The van der Waals surface area contributed by atoms with Gasteiger partial charge in [-0.3, -0.25) is 19.3 Å². The molecule has 1 aliphatic rings. The van der Waals surface area contributed by atoms with Crippen molar-refractivity contribution in [1.82, 2.24) is 14.7 Å². The maximum atomic E-state index is 13.6. The first-order valence-electron chi connectivity index (χ1n) is 10.8. The zero-order valence-corrected chi connectivity index (χ0v) is 19.6. The number of benzene rings is 2. The summed E-state index contributed by atoms with van der Waals surface area (Å²) in [4.78, 5) is 44.5. The number of likely N-dealkylation sites (tertiary alicyclic amines) is 1. The molecule has 170 valence electrons. The molecule has 0 aliphatic carbocycles. The van der Waals surface area contributed by atoms with Crippen LogP contribution in [0, 0.1) is 0 Å². The topological polar surface area (TPSA) is 60.9 Å². The standard InChI is InChI=1S/C25H30ClN3O3/c1-27(2)15-16-29-23(31)18-25(24(29)32,20-11-7-8-12-21(20)26)17-22(30)28(3)14-13-19-9-5-4-6-10-19/h4-12H,13-18H2,1-3H3/t25-/m0/s1. The molecular weight excluding hydrogens is 426 g/mol. The van der Waals surface area contributed by atoms with Gasteiger partial charge in [-0.05, 0) is 37.7 Å². The molecule has 0 saturated carbocycles. The number of likely N-dealkylation sites (N-methyl/N-ethyl adjacent to an activating group) is 2. The summed E-state index contributed by atoms with van der Waals surface area (Å²) >= 11 is 6.47. The van der Waals surface area contributed by atoms with E-state index in [1.807, 2.05) is 49.3 Å². The number of carbonyl (C=O) groups excluding carboxylic acids is 3. The molecule has 1 aliphatic heterocycles. The molecule has 0 aromatic heterocycles. The quantitative estimate of drug-likeness (QED) is 0.545. The Kier molecular flexibility index (Phi) is 7.69. The van der Waals surface area contributed by atoms with Crippen LogP contribution in [-0.4, -0.2) is 73.2 Å². The van der Waals surface area contributed by atoms with Gasteiger partial charge in [-0.1, -0.05) is 60.1 Å². The molecule has 3 rings (SSSR count). The molecule has 1 heterocycles. The molecule has 1 saturated heterocycles. The number of nitrogens with zero attached hydrogens (tertiary/aromatic N) is 3. The second-order valence-corrected chi connectivity index (χ2v) is 9.03. The molecular formula is C25H30ClN3O3. The van der Waals surface area contributed by atoms with E-state index >= 15 is 0 Å². The molecule has 0 spiro atoms. The number of hydrogen-bond acceptors (Lipinski definition) is 4. The van der Waals surface area contributed by atoms with Gasteiger partial charge >= 0.3 is 0 Å². The van der Waals surface area contributed by atoms with Gasteiger partial charge < -0.3 is 9.80 Å². The van der Waals surface area contributed by atoms with Crippen LogP contribution in [-0.2, 0) is 26.2 Å². The van der Waals surface area contributed by atoms with Gasteiger partial charge in [-0.15, -0.1) is 0 Å². The van der Waals surface area contributed by atoms with E-state index < -0.39 is 5.41 Å². The Morgan fingerprint density at radius 2 is 1.66 bits per heavy atom. The van der Waals surface area contributed by atoms with Crippen LogP contribution >= 0.6 is 11.6 Å². The summed E-state index contributed by atoms with van der Waals surface area (Å²) in [6, 6.07) is 16.9. The molecule has 2 aromatic carbocycles. The summed E-state index contributed by atoms with van der Waals surface area (Å²) in [6.45, 7) is 1.36. The molecule has 3 amide bonds. The van der Waals surface area contributed by atoms with Gasteiger partial charge in [0.15, 0.2) is 0 Å². The van der Waals surface area contributed by atoms with Gasteiger partial charge in [0.25, 0.3) is 0 Å². The average Bonchev–Trinajstić information content (AvgIpc) is 3.01. The van der Waals surface area contributed by atoms with Crippen molar-refractivity contribution < 1.29 is 14.4 Å². The van der Waals surface area contributed by atoms with Crippen molar-refractivity contribution in [2.45, 2.75) is 24.7 Å². The SMILES string of the molecule is CN(C)CCN1C(=O)C[C@@](CC(=O)N(C)CCc2ccccc2)(c2ccccc2Cl)C1=O. The Morgan fingerprint density at radius 3 is 2.31 bits per heavy atom. The van der Waals surface area contributed by atoms with Gasteiger partial charge in [0.1, 0.15) is 0 Å². The average molecular weight is 456 g/mol. The summed E-state index contributed by atoms with van der Waals surface area (Å²) in [5.74, 6) is -0.796. The van der Waals surface area contributed by atoms with E-state index in [9.17, 15) is 14.4 Å². The molecule has 6 nitrogen and oxygen atoms in total. The molecule has 0 N–H and O–H groups in total. The van der Waals surface area contributed by atoms with E-state index in [4.69, 9.17) is 11.6 Å². The third kappa shape index (κ3) is 5.19.